The van der Waals surface area contributed by atoms with Crippen molar-refractivity contribution in [3.63, 3.8) is 0 Å². The Morgan fingerprint density at radius 1 is 1.03 bits per heavy atom. The summed E-state index contributed by atoms with van der Waals surface area (Å²) in [6.45, 7) is 2.87. The Labute approximate surface area is 192 Å². The van der Waals surface area contributed by atoms with E-state index >= 15 is 0 Å². The van der Waals surface area contributed by atoms with E-state index < -0.39 is 5.97 Å². The number of aliphatic carboxylic acids is 1. The third-order valence-corrected chi connectivity index (χ3v) is 5.17. The average molecular weight is 442 g/mol. The molecule has 0 saturated heterocycles. The number of amides is 1. The first-order valence-electron chi connectivity index (χ1n) is 10.4. The highest BCUT2D eigenvalue weighted by atomic mass is 16.4. The van der Waals surface area contributed by atoms with Crippen LogP contribution in [0, 0.1) is 18.3 Å². The third kappa shape index (κ3) is 6.35. The van der Waals surface area contributed by atoms with E-state index in [0.29, 0.717) is 29.8 Å². The molecule has 0 aliphatic carbocycles. The highest BCUT2D eigenvalue weighted by Crippen LogP contribution is 2.24. The van der Waals surface area contributed by atoms with Crippen molar-refractivity contribution in [2.75, 3.05) is 6.54 Å². The summed E-state index contributed by atoms with van der Waals surface area (Å²) in [4.78, 5) is 26.0. The molecule has 0 atom stereocenters. The summed E-state index contributed by atoms with van der Waals surface area (Å²) in [7, 11) is 0. The number of carbonyl (C=O) groups is 2. The van der Waals surface area contributed by atoms with Gasteiger partial charge < -0.3 is 10.4 Å². The van der Waals surface area contributed by atoms with Crippen molar-refractivity contribution in [2.45, 2.75) is 19.9 Å². The Bertz CT molecular complexity index is 1220. The van der Waals surface area contributed by atoms with E-state index in [1.54, 1.807) is 18.2 Å². The second-order valence-corrected chi connectivity index (χ2v) is 7.60. The fourth-order valence-corrected chi connectivity index (χ4v) is 3.35. The molecular weight excluding hydrogens is 416 g/mol. The van der Waals surface area contributed by atoms with E-state index in [1.807, 2.05) is 55.5 Å². The van der Waals surface area contributed by atoms with Crippen LogP contribution in [0.15, 0.2) is 66.7 Å². The van der Waals surface area contributed by atoms with Gasteiger partial charge in [0.25, 0.3) is 5.84 Å². The maximum Gasteiger partial charge on any atom is 0.339 e. The van der Waals surface area contributed by atoms with Crippen molar-refractivity contribution in [1.82, 2.24) is 5.32 Å². The molecule has 7 nitrogen and oxygen atoms in total. The van der Waals surface area contributed by atoms with Crippen LogP contribution in [-0.2, 0) is 11.3 Å². The first kappa shape index (κ1) is 23.4. The zero-order chi connectivity index (χ0) is 23.8. The molecule has 0 fully saturated rings. The van der Waals surface area contributed by atoms with Crippen LogP contribution in [0.5, 0.6) is 0 Å². The monoisotopic (exact) mass is 441 g/mol. The number of hydrogen-bond acceptors (Lipinski definition) is 4. The molecule has 3 aromatic carbocycles. The molecule has 0 aliphatic heterocycles. The van der Waals surface area contributed by atoms with Gasteiger partial charge in [-0.1, -0.05) is 30.3 Å². The van der Waals surface area contributed by atoms with Crippen molar-refractivity contribution in [3.05, 3.63) is 94.5 Å². The minimum atomic E-state index is -0.838. The lowest BCUT2D eigenvalue weighted by atomic mass is 9.97. The van der Waals surface area contributed by atoms with Crippen LogP contribution in [0.2, 0.25) is 0 Å². The molecule has 3 rings (SSSR count). The number of carbonyl (C=O) groups excluding carboxylic acids is 1. The van der Waals surface area contributed by atoms with Crippen molar-refractivity contribution < 1.29 is 19.7 Å². The molecule has 7 heteroatoms. The summed E-state index contributed by atoms with van der Waals surface area (Å²) in [5.74, 6) is -0.893. The van der Waals surface area contributed by atoms with Crippen LogP contribution in [0.1, 0.15) is 39.0 Å². The highest BCUT2D eigenvalue weighted by molar-refractivity contribution is 5.98. The topological polar surface area (TPSA) is 130 Å². The molecule has 1 amide bonds. The Morgan fingerprint density at radius 3 is 2.30 bits per heavy atom. The Balaban J connectivity index is 1.68. The van der Waals surface area contributed by atoms with Gasteiger partial charge in [-0.05, 0) is 65.6 Å². The molecule has 0 spiro atoms. The van der Waals surface area contributed by atoms with E-state index in [2.05, 4.69) is 16.4 Å². The number of nitrogens with one attached hydrogen (secondary N) is 2. The van der Waals surface area contributed by atoms with Crippen LogP contribution in [-0.4, -0.2) is 29.4 Å². The van der Waals surface area contributed by atoms with Gasteiger partial charge in [0.1, 0.15) is 0 Å². The van der Waals surface area contributed by atoms with E-state index in [-0.39, 0.29) is 18.2 Å². The summed E-state index contributed by atoms with van der Waals surface area (Å²) in [5.41, 5.74) is 11.8. The van der Waals surface area contributed by atoms with Gasteiger partial charge in [0, 0.05) is 13.1 Å². The maximum absolute atomic E-state index is 12.7. The summed E-state index contributed by atoms with van der Waals surface area (Å²) >= 11 is 0. The molecule has 3 aromatic rings. The molecule has 0 unspecified atom stereocenters. The molecule has 0 bridgehead atoms. The fraction of sp³-hybridized carbons (Fsp3) is 0.154. The van der Waals surface area contributed by atoms with Gasteiger partial charge in [0.2, 0.25) is 0 Å². The lowest BCUT2D eigenvalue weighted by Gasteiger charge is -2.07. The minimum Gasteiger partial charge on any atom is -0.481 e. The van der Waals surface area contributed by atoms with Gasteiger partial charge in [0.15, 0.2) is 0 Å². The number of benzene rings is 3. The molecular formula is C26H25N4O3+. The number of carboxylic acids is 1. The maximum atomic E-state index is 12.7. The van der Waals surface area contributed by atoms with E-state index in [1.165, 1.54) is 0 Å². The number of aryl methyl sites for hydroxylation is 1. The number of nitrogens with two attached hydrogens (primary N) is 1. The van der Waals surface area contributed by atoms with Crippen LogP contribution in [0.25, 0.3) is 11.1 Å². The van der Waals surface area contributed by atoms with Crippen molar-refractivity contribution >= 4 is 17.7 Å². The van der Waals surface area contributed by atoms with Crippen LogP contribution >= 0.6 is 0 Å². The molecule has 0 saturated carbocycles. The quantitative estimate of drug-likeness (QED) is 0.239. The largest absolute Gasteiger partial charge is 0.481 e. The Hall–Kier alpha value is -4.28. The first-order chi connectivity index (χ1) is 15.9. The number of hydrogen-bond donors (Lipinski definition) is 4. The van der Waals surface area contributed by atoms with Crippen molar-refractivity contribution in [2.24, 2.45) is 5.73 Å². The third-order valence-electron chi connectivity index (χ3n) is 5.17. The fourth-order valence-electron chi connectivity index (χ4n) is 3.35. The Morgan fingerprint density at radius 2 is 1.70 bits per heavy atom. The van der Waals surface area contributed by atoms with E-state index in [4.69, 9.17) is 16.1 Å². The second kappa shape index (κ2) is 10.8. The minimum absolute atomic E-state index is 0.0682. The van der Waals surface area contributed by atoms with Gasteiger partial charge in [-0.3, -0.25) is 10.5 Å². The molecule has 0 aromatic heterocycles. The molecule has 33 heavy (non-hydrogen) atoms. The van der Waals surface area contributed by atoms with Crippen LogP contribution in [0.4, 0.5) is 0 Å². The lowest BCUT2D eigenvalue weighted by molar-refractivity contribution is -0.345. The van der Waals surface area contributed by atoms with Gasteiger partial charge in [-0.25, -0.2) is 9.79 Å². The van der Waals surface area contributed by atoms with Crippen molar-refractivity contribution in [3.8, 4) is 17.2 Å². The van der Waals surface area contributed by atoms with Crippen LogP contribution in [0.3, 0.4) is 0 Å². The second-order valence-electron chi connectivity index (χ2n) is 7.60. The molecule has 0 radical (unpaired) electrons. The summed E-state index contributed by atoms with van der Waals surface area (Å²) in [6.07, 6.45) is 0.0682. The smallest absolute Gasteiger partial charge is 0.339 e. The number of nitriles is 1. The lowest BCUT2D eigenvalue weighted by Crippen LogP contribution is -2.79. The predicted molar refractivity (Wildman–Crippen MR) is 125 cm³/mol. The SMILES string of the molecule is Cc1cc(C(=O)[NH+]=C(N)c2ccc(CNCCC(=O)O)cc2)ccc1-c1ccc(C#N)cc1. The average Bonchev–Trinajstić information content (AvgIpc) is 2.82. The van der Waals surface area contributed by atoms with Crippen LogP contribution < -0.4 is 16.0 Å². The zero-order valence-electron chi connectivity index (χ0n) is 18.3. The number of rotatable bonds is 8. The standard InChI is InChI=1S/C26H24N4O3/c1-17-14-22(10-11-23(17)20-6-2-18(15-27)3-7-20)26(33)30-25(28)21-8-4-19(5-9-21)16-29-13-12-24(31)32/h2-11,14,29H,12-13,16H2,1H3,(H,31,32)(H2,28,30,33)/p+1. The van der Waals surface area contributed by atoms with Gasteiger partial charge >= 0.3 is 11.9 Å². The molecule has 0 heterocycles. The normalized spacial score (nSPS) is 11.1. The number of nitrogen functional groups attached to an aromatic ring is 1. The summed E-state index contributed by atoms with van der Waals surface area (Å²) in [6, 6.07) is 22.2. The number of amidine groups is 1. The summed E-state index contributed by atoms with van der Waals surface area (Å²) < 4.78 is 0. The zero-order valence-corrected chi connectivity index (χ0v) is 18.3. The highest BCUT2D eigenvalue weighted by Gasteiger charge is 2.13. The van der Waals surface area contributed by atoms with Gasteiger partial charge in [-0.2, -0.15) is 5.26 Å². The van der Waals surface area contributed by atoms with E-state index in [0.717, 1.165) is 22.3 Å². The molecule has 166 valence electrons. The number of nitrogens with zero attached hydrogens (tertiary/aromatic N) is 1. The van der Waals surface area contributed by atoms with Crippen molar-refractivity contribution in [1.29, 1.82) is 5.26 Å². The predicted octanol–water partition coefficient (Wildman–Crippen LogP) is 1.72. The van der Waals surface area contributed by atoms with Gasteiger partial charge in [0.05, 0.1) is 29.2 Å². The first-order valence-corrected chi connectivity index (χ1v) is 10.4. The molecule has 0 aliphatic rings. The van der Waals surface area contributed by atoms with E-state index in [9.17, 15) is 9.59 Å². The Kier molecular flexibility index (Phi) is 7.68. The number of carboxylic acid groups (broad SMARTS) is 1. The van der Waals surface area contributed by atoms with Gasteiger partial charge in [-0.15, -0.1) is 0 Å². The summed E-state index contributed by atoms with van der Waals surface area (Å²) in [5, 5.41) is 20.7. The molecule has 5 N–H and O–H groups in total.